The van der Waals surface area contributed by atoms with Crippen LogP contribution in [-0.2, 0) is 6.42 Å². The third kappa shape index (κ3) is 1.92. The predicted molar refractivity (Wildman–Crippen MR) is 80.3 cm³/mol. The molecule has 0 aliphatic heterocycles. The first-order chi connectivity index (χ1) is 9.63. The third-order valence-corrected chi connectivity index (χ3v) is 4.51. The summed E-state index contributed by atoms with van der Waals surface area (Å²) in [5, 5.41) is 10.7. The first kappa shape index (κ1) is 13.2. The number of benzene rings is 2. The fourth-order valence-electron chi connectivity index (χ4n) is 3.11. The number of rotatable bonds is 3. The van der Waals surface area contributed by atoms with E-state index in [4.69, 9.17) is 4.74 Å². The van der Waals surface area contributed by atoms with E-state index >= 15 is 0 Å². The molecular weight excluding hydrogens is 248 g/mol. The van der Waals surface area contributed by atoms with Gasteiger partial charge in [0, 0.05) is 11.5 Å². The summed E-state index contributed by atoms with van der Waals surface area (Å²) in [5.74, 6) is 1.00. The van der Waals surface area contributed by atoms with Gasteiger partial charge in [0.15, 0.2) is 0 Å². The number of aliphatic hydroxyl groups excluding tert-OH is 1. The average Bonchev–Trinajstić information content (AvgIpc) is 2.42. The van der Waals surface area contributed by atoms with Gasteiger partial charge >= 0.3 is 0 Å². The van der Waals surface area contributed by atoms with Crippen LogP contribution in [0.25, 0.3) is 0 Å². The van der Waals surface area contributed by atoms with E-state index in [-0.39, 0.29) is 5.92 Å². The quantitative estimate of drug-likeness (QED) is 0.920. The van der Waals surface area contributed by atoms with Gasteiger partial charge < -0.3 is 9.84 Å². The van der Waals surface area contributed by atoms with Crippen molar-refractivity contribution in [3.8, 4) is 5.75 Å². The van der Waals surface area contributed by atoms with Crippen LogP contribution in [0.2, 0.25) is 0 Å². The van der Waals surface area contributed by atoms with Crippen LogP contribution >= 0.6 is 0 Å². The average molecular weight is 268 g/mol. The molecule has 0 aromatic heterocycles. The molecule has 104 valence electrons. The van der Waals surface area contributed by atoms with E-state index in [1.165, 1.54) is 16.7 Å². The van der Waals surface area contributed by atoms with Gasteiger partial charge in [0.1, 0.15) is 5.75 Å². The topological polar surface area (TPSA) is 29.5 Å². The summed E-state index contributed by atoms with van der Waals surface area (Å²) in [5.41, 5.74) is 5.80. The van der Waals surface area contributed by atoms with Crippen LogP contribution in [0.15, 0.2) is 36.4 Å². The minimum atomic E-state index is -0.501. The zero-order chi connectivity index (χ0) is 14.3. The van der Waals surface area contributed by atoms with Gasteiger partial charge in [0.2, 0.25) is 0 Å². The maximum atomic E-state index is 10.7. The molecule has 1 aliphatic rings. The Bertz CT molecular complexity index is 646. The van der Waals surface area contributed by atoms with Crippen molar-refractivity contribution in [2.45, 2.75) is 32.3 Å². The largest absolute Gasteiger partial charge is 0.496 e. The number of hydrogen-bond acceptors (Lipinski definition) is 2. The zero-order valence-corrected chi connectivity index (χ0v) is 12.2. The molecule has 0 spiro atoms. The van der Waals surface area contributed by atoms with Crippen molar-refractivity contribution in [1.29, 1.82) is 0 Å². The van der Waals surface area contributed by atoms with E-state index in [9.17, 15) is 5.11 Å². The van der Waals surface area contributed by atoms with E-state index < -0.39 is 6.10 Å². The predicted octanol–water partition coefficient (Wildman–Crippen LogP) is 3.69. The maximum Gasteiger partial charge on any atom is 0.127 e. The second-order valence-electron chi connectivity index (χ2n) is 5.58. The highest BCUT2D eigenvalue weighted by Gasteiger charge is 2.34. The van der Waals surface area contributed by atoms with Crippen LogP contribution in [0.5, 0.6) is 5.75 Å². The van der Waals surface area contributed by atoms with Gasteiger partial charge in [0.05, 0.1) is 13.2 Å². The molecule has 0 fully saturated rings. The fraction of sp³-hybridized carbons (Fsp3) is 0.333. The van der Waals surface area contributed by atoms with E-state index in [2.05, 4.69) is 31.2 Å². The molecule has 1 N–H and O–H groups in total. The van der Waals surface area contributed by atoms with E-state index in [1.807, 2.05) is 19.1 Å². The highest BCUT2D eigenvalue weighted by atomic mass is 16.5. The lowest BCUT2D eigenvalue weighted by Gasteiger charge is -2.34. The van der Waals surface area contributed by atoms with Gasteiger partial charge in [-0.2, -0.15) is 0 Å². The van der Waals surface area contributed by atoms with Gasteiger partial charge in [-0.25, -0.2) is 0 Å². The van der Waals surface area contributed by atoms with Crippen molar-refractivity contribution in [2.24, 2.45) is 0 Å². The molecule has 1 aliphatic carbocycles. The summed E-state index contributed by atoms with van der Waals surface area (Å²) in [6, 6.07) is 12.4. The Balaban J connectivity index is 1.97. The Morgan fingerprint density at radius 1 is 1.15 bits per heavy atom. The molecule has 0 heterocycles. The summed E-state index contributed by atoms with van der Waals surface area (Å²) in [7, 11) is 1.67. The van der Waals surface area contributed by atoms with Gasteiger partial charge in [-0.1, -0.05) is 36.4 Å². The molecular formula is C18H20O2. The van der Waals surface area contributed by atoms with Crippen LogP contribution in [-0.4, -0.2) is 12.2 Å². The first-order valence-corrected chi connectivity index (χ1v) is 7.03. The van der Waals surface area contributed by atoms with Crippen molar-refractivity contribution in [2.75, 3.05) is 7.11 Å². The molecule has 20 heavy (non-hydrogen) atoms. The van der Waals surface area contributed by atoms with Crippen LogP contribution in [0.1, 0.15) is 39.8 Å². The molecule has 2 aromatic rings. The number of aliphatic hydroxyl groups is 1. The SMILES string of the molecule is COc1c(C(O)C2Cc3ccccc32)ccc(C)c1C. The molecule has 2 unspecified atom stereocenters. The minimum Gasteiger partial charge on any atom is -0.496 e. The molecule has 2 nitrogen and oxygen atoms in total. The lowest BCUT2D eigenvalue weighted by atomic mass is 9.72. The number of aryl methyl sites for hydroxylation is 1. The molecule has 2 atom stereocenters. The van der Waals surface area contributed by atoms with Crippen LogP contribution in [0, 0.1) is 13.8 Å². The van der Waals surface area contributed by atoms with Crippen molar-refractivity contribution in [3.63, 3.8) is 0 Å². The summed E-state index contributed by atoms with van der Waals surface area (Å²) in [6.45, 7) is 4.10. The normalized spacial score (nSPS) is 18.1. The summed E-state index contributed by atoms with van der Waals surface area (Å²) in [6.07, 6.45) is 0.437. The molecule has 3 rings (SSSR count). The van der Waals surface area contributed by atoms with Crippen molar-refractivity contribution in [1.82, 2.24) is 0 Å². The molecule has 0 bridgehead atoms. The van der Waals surface area contributed by atoms with Gasteiger partial charge in [-0.3, -0.25) is 0 Å². The minimum absolute atomic E-state index is 0.183. The molecule has 0 saturated carbocycles. The zero-order valence-electron chi connectivity index (χ0n) is 12.2. The lowest BCUT2D eigenvalue weighted by Crippen LogP contribution is -2.24. The summed E-state index contributed by atoms with van der Waals surface area (Å²) in [4.78, 5) is 0. The number of methoxy groups -OCH3 is 1. The second kappa shape index (κ2) is 4.95. The van der Waals surface area contributed by atoms with Gasteiger partial charge in [-0.05, 0) is 42.5 Å². The number of hydrogen-bond donors (Lipinski definition) is 1. The van der Waals surface area contributed by atoms with Crippen molar-refractivity contribution < 1.29 is 9.84 Å². The molecule has 0 radical (unpaired) electrons. The maximum absolute atomic E-state index is 10.7. The molecule has 2 aromatic carbocycles. The second-order valence-corrected chi connectivity index (χ2v) is 5.58. The summed E-state index contributed by atoms with van der Waals surface area (Å²) < 4.78 is 5.52. The molecule has 0 saturated heterocycles. The number of ether oxygens (including phenoxy) is 1. The van der Waals surface area contributed by atoms with Crippen LogP contribution in [0.3, 0.4) is 0 Å². The van der Waals surface area contributed by atoms with Crippen molar-refractivity contribution >= 4 is 0 Å². The highest BCUT2D eigenvalue weighted by Crippen LogP contribution is 2.46. The van der Waals surface area contributed by atoms with Gasteiger partial charge in [-0.15, -0.1) is 0 Å². The Hall–Kier alpha value is -1.80. The van der Waals surface area contributed by atoms with Crippen molar-refractivity contribution in [3.05, 3.63) is 64.2 Å². The Kier molecular flexibility index (Phi) is 3.27. The highest BCUT2D eigenvalue weighted by molar-refractivity contribution is 5.49. The fourth-order valence-corrected chi connectivity index (χ4v) is 3.11. The van der Waals surface area contributed by atoms with E-state index in [0.717, 1.165) is 23.3 Å². The van der Waals surface area contributed by atoms with E-state index in [0.29, 0.717) is 0 Å². The van der Waals surface area contributed by atoms with Crippen LogP contribution < -0.4 is 4.74 Å². The lowest BCUT2D eigenvalue weighted by molar-refractivity contribution is 0.131. The van der Waals surface area contributed by atoms with Gasteiger partial charge in [0.25, 0.3) is 0 Å². The first-order valence-electron chi connectivity index (χ1n) is 7.03. The Morgan fingerprint density at radius 3 is 2.60 bits per heavy atom. The monoisotopic (exact) mass is 268 g/mol. The smallest absolute Gasteiger partial charge is 0.127 e. The summed E-state index contributed by atoms with van der Waals surface area (Å²) >= 11 is 0. The third-order valence-electron chi connectivity index (χ3n) is 4.51. The Morgan fingerprint density at radius 2 is 1.90 bits per heavy atom. The molecule has 0 amide bonds. The Labute approximate surface area is 120 Å². The van der Waals surface area contributed by atoms with E-state index in [1.54, 1.807) is 7.11 Å². The number of fused-ring (bicyclic) bond motifs is 1. The standard InChI is InChI=1S/C18H20O2/c1-11-8-9-15(18(20-3)12(11)2)17(19)16-10-13-6-4-5-7-14(13)16/h4-9,16-17,19H,10H2,1-3H3. The van der Waals surface area contributed by atoms with Crippen LogP contribution in [0.4, 0.5) is 0 Å². The molecule has 2 heteroatoms.